The van der Waals surface area contributed by atoms with Crippen LogP contribution >= 0.6 is 0 Å². The molecule has 5 heteroatoms. The van der Waals surface area contributed by atoms with Crippen LogP contribution in [0.3, 0.4) is 0 Å². The highest BCUT2D eigenvalue weighted by atomic mass is 16.4. The first-order valence-corrected chi connectivity index (χ1v) is 5.13. The van der Waals surface area contributed by atoms with Crippen LogP contribution in [0.2, 0.25) is 0 Å². The number of aliphatic hydroxyl groups is 2. The summed E-state index contributed by atoms with van der Waals surface area (Å²) in [7, 11) is 0. The SMILES string of the molecule is CC(C)[C@@H](C(=O)O)N1CC(O)C(C)(O)C1. The van der Waals surface area contributed by atoms with Gasteiger partial charge in [-0.2, -0.15) is 0 Å². The highest BCUT2D eigenvalue weighted by molar-refractivity contribution is 5.73. The number of aliphatic carboxylic acids is 1. The van der Waals surface area contributed by atoms with Crippen molar-refractivity contribution in [1.29, 1.82) is 0 Å². The molecule has 3 atom stereocenters. The number of likely N-dealkylation sites (tertiary alicyclic amines) is 1. The van der Waals surface area contributed by atoms with Gasteiger partial charge in [0, 0.05) is 13.1 Å². The van der Waals surface area contributed by atoms with E-state index < -0.39 is 23.7 Å². The average Bonchev–Trinajstić information content (AvgIpc) is 2.23. The number of hydrogen-bond donors (Lipinski definition) is 3. The molecule has 1 aliphatic heterocycles. The van der Waals surface area contributed by atoms with E-state index >= 15 is 0 Å². The van der Waals surface area contributed by atoms with Gasteiger partial charge >= 0.3 is 5.97 Å². The molecule has 0 amide bonds. The van der Waals surface area contributed by atoms with Gasteiger partial charge in [0.15, 0.2) is 0 Å². The standard InChI is InChI=1S/C10H19NO4/c1-6(2)8(9(13)14)11-4-7(12)10(3,15)5-11/h6-8,12,15H,4-5H2,1-3H3,(H,13,14)/t7?,8-,10?/m0/s1. The minimum atomic E-state index is -1.21. The zero-order valence-electron chi connectivity index (χ0n) is 9.34. The Labute approximate surface area is 89.3 Å². The summed E-state index contributed by atoms with van der Waals surface area (Å²) in [6.45, 7) is 5.57. The van der Waals surface area contributed by atoms with E-state index in [1.54, 1.807) is 4.90 Å². The van der Waals surface area contributed by atoms with E-state index in [-0.39, 0.29) is 19.0 Å². The van der Waals surface area contributed by atoms with Crippen molar-refractivity contribution in [2.45, 2.75) is 38.5 Å². The summed E-state index contributed by atoms with van der Waals surface area (Å²) < 4.78 is 0. The summed E-state index contributed by atoms with van der Waals surface area (Å²) in [4.78, 5) is 12.7. The van der Waals surface area contributed by atoms with Gasteiger partial charge in [-0.3, -0.25) is 9.69 Å². The quantitative estimate of drug-likeness (QED) is 0.595. The summed E-state index contributed by atoms with van der Waals surface area (Å²) in [6, 6.07) is -0.645. The number of aliphatic hydroxyl groups excluding tert-OH is 1. The van der Waals surface area contributed by atoms with E-state index in [4.69, 9.17) is 5.11 Å². The molecule has 0 radical (unpaired) electrons. The molecule has 0 bridgehead atoms. The van der Waals surface area contributed by atoms with Crippen LogP contribution in [0.15, 0.2) is 0 Å². The van der Waals surface area contributed by atoms with Crippen molar-refractivity contribution in [3.63, 3.8) is 0 Å². The van der Waals surface area contributed by atoms with Crippen LogP contribution in [0.25, 0.3) is 0 Å². The van der Waals surface area contributed by atoms with Crippen LogP contribution in [0.4, 0.5) is 0 Å². The average molecular weight is 217 g/mol. The van der Waals surface area contributed by atoms with E-state index in [1.165, 1.54) is 6.92 Å². The Morgan fingerprint density at radius 2 is 2.07 bits per heavy atom. The summed E-state index contributed by atoms with van der Waals surface area (Å²) >= 11 is 0. The molecule has 5 nitrogen and oxygen atoms in total. The maximum Gasteiger partial charge on any atom is 0.321 e. The summed E-state index contributed by atoms with van der Waals surface area (Å²) in [5.74, 6) is -0.960. The Balaban J connectivity index is 2.77. The molecule has 15 heavy (non-hydrogen) atoms. The van der Waals surface area contributed by atoms with Crippen LogP contribution in [0.5, 0.6) is 0 Å². The number of β-amino-alcohol motifs (C(OH)–C–C–N with tert-alkyl or cyclic N) is 2. The molecule has 0 aromatic rings. The first-order valence-electron chi connectivity index (χ1n) is 5.13. The van der Waals surface area contributed by atoms with Crippen LogP contribution in [-0.4, -0.2) is 57.0 Å². The van der Waals surface area contributed by atoms with Gasteiger partial charge in [0.25, 0.3) is 0 Å². The minimum Gasteiger partial charge on any atom is -0.480 e. The first-order chi connectivity index (χ1) is 6.75. The third-order valence-electron chi connectivity index (χ3n) is 2.93. The molecule has 1 rings (SSSR count). The second-order valence-electron chi connectivity index (χ2n) is 4.83. The smallest absolute Gasteiger partial charge is 0.321 e. The zero-order valence-corrected chi connectivity index (χ0v) is 9.34. The number of carboxylic acids is 1. The van der Waals surface area contributed by atoms with Crippen LogP contribution in [0, 0.1) is 5.92 Å². The Morgan fingerprint density at radius 3 is 2.33 bits per heavy atom. The third-order valence-corrected chi connectivity index (χ3v) is 2.93. The highest BCUT2D eigenvalue weighted by Crippen LogP contribution is 2.25. The minimum absolute atomic E-state index is 0.0522. The Morgan fingerprint density at radius 1 is 1.53 bits per heavy atom. The molecule has 0 aromatic carbocycles. The maximum atomic E-state index is 11.0. The van der Waals surface area contributed by atoms with Gasteiger partial charge < -0.3 is 15.3 Å². The largest absolute Gasteiger partial charge is 0.480 e. The molecule has 0 aliphatic carbocycles. The molecule has 1 saturated heterocycles. The van der Waals surface area contributed by atoms with Crippen molar-refractivity contribution in [2.24, 2.45) is 5.92 Å². The van der Waals surface area contributed by atoms with E-state index in [0.29, 0.717) is 0 Å². The van der Waals surface area contributed by atoms with E-state index in [9.17, 15) is 15.0 Å². The highest BCUT2D eigenvalue weighted by Gasteiger charge is 2.45. The van der Waals surface area contributed by atoms with Gasteiger partial charge in [0.1, 0.15) is 11.6 Å². The number of nitrogens with zero attached hydrogens (tertiary/aromatic N) is 1. The molecular weight excluding hydrogens is 198 g/mol. The summed E-state index contributed by atoms with van der Waals surface area (Å²) in [6.07, 6.45) is -0.877. The van der Waals surface area contributed by atoms with Gasteiger partial charge in [-0.05, 0) is 12.8 Å². The predicted octanol–water partition coefficient (Wildman–Crippen LogP) is -0.477. The van der Waals surface area contributed by atoms with Crippen LogP contribution < -0.4 is 0 Å². The molecule has 0 aromatic heterocycles. The van der Waals surface area contributed by atoms with Gasteiger partial charge in [0.2, 0.25) is 0 Å². The second kappa shape index (κ2) is 4.08. The fraction of sp³-hybridized carbons (Fsp3) is 0.900. The van der Waals surface area contributed by atoms with Crippen molar-refractivity contribution in [3.8, 4) is 0 Å². The molecular formula is C10H19NO4. The second-order valence-corrected chi connectivity index (χ2v) is 4.83. The predicted molar refractivity (Wildman–Crippen MR) is 54.5 cm³/mol. The lowest BCUT2D eigenvalue weighted by molar-refractivity contribution is -0.144. The maximum absolute atomic E-state index is 11.0. The number of rotatable bonds is 3. The normalized spacial score (nSPS) is 34.7. The number of carbonyl (C=O) groups is 1. The third kappa shape index (κ3) is 2.48. The van der Waals surface area contributed by atoms with Crippen LogP contribution in [0.1, 0.15) is 20.8 Å². The Bertz CT molecular complexity index is 252. The van der Waals surface area contributed by atoms with Gasteiger partial charge in [-0.25, -0.2) is 0 Å². The van der Waals surface area contributed by atoms with Crippen molar-refractivity contribution in [1.82, 2.24) is 4.90 Å². The molecule has 1 fully saturated rings. The molecule has 0 spiro atoms. The van der Waals surface area contributed by atoms with Gasteiger partial charge in [0.05, 0.1) is 6.10 Å². The monoisotopic (exact) mass is 217 g/mol. The Kier molecular flexibility index (Phi) is 3.38. The Hall–Kier alpha value is -0.650. The van der Waals surface area contributed by atoms with E-state index in [1.807, 2.05) is 13.8 Å². The summed E-state index contributed by atoms with van der Waals surface area (Å²) in [5, 5.41) is 28.4. The number of carboxylic acid groups (broad SMARTS) is 1. The lowest BCUT2D eigenvalue weighted by Crippen LogP contribution is -2.45. The van der Waals surface area contributed by atoms with E-state index in [0.717, 1.165) is 0 Å². The van der Waals surface area contributed by atoms with Crippen molar-refractivity contribution < 1.29 is 20.1 Å². The lowest BCUT2D eigenvalue weighted by atomic mass is 10.0. The molecule has 88 valence electrons. The topological polar surface area (TPSA) is 81.0 Å². The lowest BCUT2D eigenvalue weighted by Gasteiger charge is -2.27. The van der Waals surface area contributed by atoms with Crippen molar-refractivity contribution in [3.05, 3.63) is 0 Å². The molecule has 1 aliphatic rings. The molecule has 2 unspecified atom stereocenters. The van der Waals surface area contributed by atoms with Crippen molar-refractivity contribution in [2.75, 3.05) is 13.1 Å². The first kappa shape index (κ1) is 12.4. The molecule has 0 saturated carbocycles. The van der Waals surface area contributed by atoms with Gasteiger partial charge in [-0.15, -0.1) is 0 Å². The summed E-state index contributed by atoms with van der Waals surface area (Å²) in [5.41, 5.74) is -1.21. The zero-order chi connectivity index (χ0) is 11.8. The molecule has 1 heterocycles. The van der Waals surface area contributed by atoms with Crippen molar-refractivity contribution >= 4 is 5.97 Å². The van der Waals surface area contributed by atoms with Gasteiger partial charge in [-0.1, -0.05) is 13.8 Å². The van der Waals surface area contributed by atoms with E-state index in [2.05, 4.69) is 0 Å². The fourth-order valence-corrected chi connectivity index (χ4v) is 2.07. The number of hydrogen-bond acceptors (Lipinski definition) is 4. The van der Waals surface area contributed by atoms with Crippen LogP contribution in [-0.2, 0) is 4.79 Å². The molecule has 3 N–H and O–H groups in total. The fourth-order valence-electron chi connectivity index (χ4n) is 2.07.